The molecule has 7 heteroatoms. The first kappa shape index (κ1) is 17.6. The molecule has 0 amide bonds. The fraction of sp³-hybridized carbons (Fsp3) is 0.375. The number of benzene rings is 1. The highest BCUT2D eigenvalue weighted by atomic mass is 35.5. The Labute approximate surface area is 146 Å². The maximum absolute atomic E-state index is 6.06. The van der Waals surface area contributed by atoms with Gasteiger partial charge >= 0.3 is 0 Å². The zero-order valence-electron chi connectivity index (χ0n) is 13.6. The van der Waals surface area contributed by atoms with Crippen molar-refractivity contribution in [2.24, 2.45) is 4.99 Å². The number of hydrogen-bond acceptors (Lipinski definition) is 2. The minimum atomic E-state index is 0.564. The lowest BCUT2D eigenvalue weighted by molar-refractivity contribution is 0.470. The summed E-state index contributed by atoms with van der Waals surface area (Å²) in [6.07, 6.45) is 3.87. The Morgan fingerprint density at radius 2 is 2.13 bits per heavy atom. The van der Waals surface area contributed by atoms with Crippen LogP contribution < -0.4 is 5.32 Å². The number of halogens is 2. The van der Waals surface area contributed by atoms with Gasteiger partial charge in [0.05, 0.1) is 22.8 Å². The number of rotatable bonds is 5. The molecule has 1 heterocycles. The van der Waals surface area contributed by atoms with E-state index < -0.39 is 0 Å². The molecule has 5 nitrogen and oxygen atoms in total. The average molecular weight is 354 g/mol. The molecule has 0 aliphatic carbocycles. The van der Waals surface area contributed by atoms with Crippen molar-refractivity contribution in [1.29, 1.82) is 0 Å². The predicted octanol–water partition coefficient (Wildman–Crippen LogP) is 3.21. The lowest BCUT2D eigenvalue weighted by Crippen LogP contribution is -2.39. The molecular weight excluding hydrogens is 333 g/mol. The molecule has 1 aromatic carbocycles. The van der Waals surface area contributed by atoms with Crippen LogP contribution in [0.5, 0.6) is 0 Å². The minimum absolute atomic E-state index is 0.564. The van der Waals surface area contributed by atoms with E-state index in [0.717, 1.165) is 30.2 Å². The predicted molar refractivity (Wildman–Crippen MR) is 96.3 cm³/mol. The third-order valence-corrected chi connectivity index (χ3v) is 4.10. The molecular formula is C16H21Cl2N5. The van der Waals surface area contributed by atoms with Crippen LogP contribution >= 0.6 is 23.2 Å². The number of guanidine groups is 1. The number of aromatic nitrogens is 2. The van der Waals surface area contributed by atoms with E-state index in [-0.39, 0.29) is 0 Å². The van der Waals surface area contributed by atoms with Gasteiger partial charge in [-0.05, 0) is 30.2 Å². The lowest BCUT2D eigenvalue weighted by Gasteiger charge is -2.22. The molecule has 124 valence electrons. The molecule has 0 radical (unpaired) electrons. The summed E-state index contributed by atoms with van der Waals surface area (Å²) in [5, 5.41) is 8.72. The van der Waals surface area contributed by atoms with E-state index in [1.165, 1.54) is 0 Å². The summed E-state index contributed by atoms with van der Waals surface area (Å²) >= 11 is 12.0. The van der Waals surface area contributed by atoms with Crippen LogP contribution in [0.4, 0.5) is 0 Å². The summed E-state index contributed by atoms with van der Waals surface area (Å²) in [4.78, 5) is 6.34. The van der Waals surface area contributed by atoms with Crippen molar-refractivity contribution in [2.45, 2.75) is 20.0 Å². The van der Waals surface area contributed by atoms with E-state index in [1.807, 2.05) is 54.1 Å². The van der Waals surface area contributed by atoms with Gasteiger partial charge in [-0.15, -0.1) is 0 Å². The molecule has 0 saturated heterocycles. The van der Waals surface area contributed by atoms with Crippen LogP contribution in [0.1, 0.15) is 11.1 Å². The highest BCUT2D eigenvalue weighted by molar-refractivity contribution is 6.42. The Kier molecular flexibility index (Phi) is 6.30. The standard InChI is InChI=1S/C16H21Cl2N5/c1-12-9-21-23(10-12)7-6-20-16(19-2)22(3)11-13-4-5-14(17)15(18)8-13/h4-5,8-10H,6-7,11H2,1-3H3,(H,19,20). The first-order valence-corrected chi connectivity index (χ1v) is 8.10. The number of aliphatic imine (C=N–C) groups is 1. The smallest absolute Gasteiger partial charge is 0.193 e. The van der Waals surface area contributed by atoms with E-state index in [1.54, 1.807) is 7.05 Å². The number of aryl methyl sites for hydroxylation is 1. The second-order valence-corrected chi connectivity index (χ2v) is 6.17. The van der Waals surface area contributed by atoms with Crippen molar-refractivity contribution >= 4 is 29.2 Å². The molecule has 0 bridgehead atoms. The molecule has 2 rings (SSSR count). The van der Waals surface area contributed by atoms with Crippen LogP contribution in [0, 0.1) is 6.92 Å². The molecule has 0 fully saturated rings. The van der Waals surface area contributed by atoms with Crippen LogP contribution in [-0.2, 0) is 13.1 Å². The van der Waals surface area contributed by atoms with Crippen molar-refractivity contribution < 1.29 is 0 Å². The van der Waals surface area contributed by atoms with E-state index in [0.29, 0.717) is 16.6 Å². The number of nitrogens with one attached hydrogen (secondary N) is 1. The molecule has 0 spiro atoms. The van der Waals surface area contributed by atoms with Gasteiger partial charge in [0, 0.05) is 33.4 Å². The summed E-state index contributed by atoms with van der Waals surface area (Å²) in [5.74, 6) is 0.819. The topological polar surface area (TPSA) is 45.5 Å². The molecule has 2 aromatic rings. The van der Waals surface area contributed by atoms with Crippen molar-refractivity contribution in [1.82, 2.24) is 20.0 Å². The van der Waals surface area contributed by atoms with Gasteiger partial charge in [0.2, 0.25) is 0 Å². The Morgan fingerprint density at radius 1 is 1.35 bits per heavy atom. The quantitative estimate of drug-likeness (QED) is 0.663. The van der Waals surface area contributed by atoms with E-state index >= 15 is 0 Å². The van der Waals surface area contributed by atoms with Crippen LogP contribution in [0.3, 0.4) is 0 Å². The van der Waals surface area contributed by atoms with Crippen LogP contribution in [0.2, 0.25) is 10.0 Å². The van der Waals surface area contributed by atoms with Crippen LogP contribution in [0.25, 0.3) is 0 Å². The summed E-state index contributed by atoms with van der Waals surface area (Å²) < 4.78 is 1.91. The SMILES string of the molecule is CN=C(NCCn1cc(C)cn1)N(C)Cc1ccc(Cl)c(Cl)c1. The van der Waals surface area contributed by atoms with Crippen molar-refractivity contribution in [3.63, 3.8) is 0 Å². The Bertz CT molecular complexity index is 681. The Morgan fingerprint density at radius 3 is 2.74 bits per heavy atom. The molecule has 1 N–H and O–H groups in total. The van der Waals surface area contributed by atoms with Gasteiger partial charge in [-0.25, -0.2) is 0 Å². The average Bonchev–Trinajstić information content (AvgIpc) is 2.93. The summed E-state index contributed by atoms with van der Waals surface area (Å²) in [6, 6.07) is 5.65. The molecule has 0 aliphatic heterocycles. The first-order valence-electron chi connectivity index (χ1n) is 7.34. The summed E-state index contributed by atoms with van der Waals surface area (Å²) in [5.41, 5.74) is 2.23. The van der Waals surface area contributed by atoms with Gasteiger partial charge < -0.3 is 10.2 Å². The van der Waals surface area contributed by atoms with Crippen molar-refractivity contribution in [3.8, 4) is 0 Å². The maximum atomic E-state index is 6.06. The molecule has 0 unspecified atom stereocenters. The zero-order valence-corrected chi connectivity index (χ0v) is 15.1. The highest BCUT2D eigenvalue weighted by Gasteiger charge is 2.08. The largest absolute Gasteiger partial charge is 0.354 e. The molecule has 0 aliphatic rings. The Hall–Kier alpha value is -1.72. The van der Waals surface area contributed by atoms with Gasteiger partial charge in [-0.3, -0.25) is 9.67 Å². The van der Waals surface area contributed by atoms with E-state index in [9.17, 15) is 0 Å². The third kappa shape index (κ3) is 5.15. The zero-order chi connectivity index (χ0) is 16.8. The fourth-order valence-electron chi connectivity index (χ4n) is 2.24. The summed E-state index contributed by atoms with van der Waals surface area (Å²) in [7, 11) is 3.75. The molecule has 0 saturated carbocycles. The first-order chi connectivity index (χ1) is 11.0. The molecule has 23 heavy (non-hydrogen) atoms. The second kappa shape index (κ2) is 8.22. The van der Waals surface area contributed by atoms with Gasteiger partial charge in [0.25, 0.3) is 0 Å². The minimum Gasteiger partial charge on any atom is -0.354 e. The molecule has 0 atom stereocenters. The lowest BCUT2D eigenvalue weighted by atomic mass is 10.2. The van der Waals surface area contributed by atoms with E-state index in [2.05, 4.69) is 15.4 Å². The third-order valence-electron chi connectivity index (χ3n) is 3.36. The maximum Gasteiger partial charge on any atom is 0.193 e. The fourth-order valence-corrected chi connectivity index (χ4v) is 2.56. The van der Waals surface area contributed by atoms with Crippen molar-refractivity contribution in [2.75, 3.05) is 20.6 Å². The van der Waals surface area contributed by atoms with Crippen LogP contribution in [-0.4, -0.2) is 41.3 Å². The number of hydrogen-bond donors (Lipinski definition) is 1. The summed E-state index contributed by atoms with van der Waals surface area (Å²) in [6.45, 7) is 4.26. The van der Waals surface area contributed by atoms with Gasteiger partial charge in [-0.1, -0.05) is 29.3 Å². The van der Waals surface area contributed by atoms with Gasteiger partial charge in [0.15, 0.2) is 5.96 Å². The van der Waals surface area contributed by atoms with Crippen LogP contribution in [0.15, 0.2) is 35.6 Å². The normalized spacial score (nSPS) is 11.6. The van der Waals surface area contributed by atoms with Crippen molar-refractivity contribution in [3.05, 3.63) is 51.8 Å². The van der Waals surface area contributed by atoms with Gasteiger partial charge in [-0.2, -0.15) is 5.10 Å². The number of nitrogens with zero attached hydrogens (tertiary/aromatic N) is 4. The van der Waals surface area contributed by atoms with E-state index in [4.69, 9.17) is 23.2 Å². The highest BCUT2D eigenvalue weighted by Crippen LogP contribution is 2.23. The van der Waals surface area contributed by atoms with Gasteiger partial charge in [0.1, 0.15) is 0 Å². The Balaban J connectivity index is 1.88. The monoisotopic (exact) mass is 353 g/mol. The molecule has 1 aromatic heterocycles. The second-order valence-electron chi connectivity index (χ2n) is 5.36.